The lowest BCUT2D eigenvalue weighted by atomic mass is 9.84. The first-order valence-electron chi connectivity index (χ1n) is 16.4. The van der Waals surface area contributed by atoms with Crippen LogP contribution in [-0.2, 0) is 34.3 Å². The van der Waals surface area contributed by atoms with Crippen LogP contribution in [0, 0.1) is 0 Å². The molecular weight excluding hydrogens is 582 g/mol. The van der Waals surface area contributed by atoms with Crippen LogP contribution in [0.2, 0.25) is 0 Å². The first kappa shape index (κ1) is 31.6. The molecule has 0 unspecified atom stereocenters. The zero-order valence-electron chi connectivity index (χ0n) is 26.8. The summed E-state index contributed by atoms with van der Waals surface area (Å²) in [7, 11) is 3.46. The second-order valence-corrected chi connectivity index (χ2v) is 12.9. The van der Waals surface area contributed by atoms with Crippen molar-refractivity contribution in [3.8, 4) is 5.75 Å². The Morgan fingerprint density at radius 1 is 1.04 bits per heavy atom. The average molecular weight is 628 g/mol. The van der Waals surface area contributed by atoms with E-state index in [0.717, 1.165) is 42.6 Å². The summed E-state index contributed by atoms with van der Waals surface area (Å²) < 4.78 is 7.13. The van der Waals surface area contributed by atoms with Gasteiger partial charge in [-0.3, -0.25) is 14.4 Å². The van der Waals surface area contributed by atoms with Crippen molar-refractivity contribution in [3.63, 3.8) is 0 Å². The zero-order valence-corrected chi connectivity index (χ0v) is 26.8. The van der Waals surface area contributed by atoms with Crippen LogP contribution in [0.15, 0.2) is 67.1 Å². The van der Waals surface area contributed by atoms with Gasteiger partial charge in [0.25, 0.3) is 0 Å². The molecule has 3 aliphatic rings. The molecule has 3 amide bonds. The van der Waals surface area contributed by atoms with Crippen LogP contribution < -0.4 is 20.7 Å². The number of hydrogen-bond acceptors (Lipinski definition) is 7. The van der Waals surface area contributed by atoms with Crippen LogP contribution >= 0.6 is 0 Å². The highest BCUT2D eigenvalue weighted by Gasteiger charge is 2.55. The summed E-state index contributed by atoms with van der Waals surface area (Å²) in [4.78, 5) is 52.1. The molecule has 6 rings (SSSR count). The number of carbonyl (C=O) groups is 3. The van der Waals surface area contributed by atoms with Gasteiger partial charge in [-0.25, -0.2) is 4.98 Å². The minimum absolute atomic E-state index is 0.170. The standard InChI is InChI=1S/C35H45N7O4/c1-39-23-37-22-28(39)21-30(36)32(43)38-31(20-25-12-14-29(46-2)15-13-25)33(44)40-18-16-35(17-19-40)34(45)41(26-8-6-7-9-26)24-42(35)27-10-4-3-5-11-27/h3-5,10-15,22-23,26,30-31H,6-9,16-21,24,36H2,1-2H3,(H,38,43)/t30-,31+/m0/s1. The van der Waals surface area contributed by atoms with E-state index in [1.165, 1.54) is 0 Å². The highest BCUT2D eigenvalue weighted by Crippen LogP contribution is 2.42. The number of amides is 3. The number of methoxy groups -OCH3 is 1. The van der Waals surface area contributed by atoms with Gasteiger partial charge < -0.3 is 35.1 Å². The molecule has 46 heavy (non-hydrogen) atoms. The molecule has 244 valence electrons. The summed E-state index contributed by atoms with van der Waals surface area (Å²) in [5.74, 6) is 0.330. The Labute approximate surface area is 270 Å². The van der Waals surface area contributed by atoms with Crippen LogP contribution in [0.4, 0.5) is 5.69 Å². The first-order chi connectivity index (χ1) is 22.3. The van der Waals surface area contributed by atoms with Crippen molar-refractivity contribution in [2.45, 2.75) is 75.0 Å². The Balaban J connectivity index is 1.19. The molecule has 11 nitrogen and oxygen atoms in total. The van der Waals surface area contributed by atoms with Gasteiger partial charge in [0.05, 0.1) is 26.1 Å². The van der Waals surface area contributed by atoms with Crippen molar-refractivity contribution in [2.75, 3.05) is 31.8 Å². The number of carbonyl (C=O) groups excluding carboxylic acids is 3. The number of aromatic nitrogens is 2. The second kappa shape index (κ2) is 13.5. The minimum atomic E-state index is -0.844. The number of nitrogens with zero attached hydrogens (tertiary/aromatic N) is 5. The van der Waals surface area contributed by atoms with Gasteiger partial charge in [0.1, 0.15) is 17.3 Å². The number of likely N-dealkylation sites (tertiary alicyclic amines) is 1. The SMILES string of the molecule is COc1ccc(C[C@@H](NC(=O)[C@@H](N)Cc2cncn2C)C(=O)N2CCC3(CC2)C(=O)N(C2CCCC2)CN3c2ccccc2)cc1. The Bertz CT molecular complexity index is 1510. The van der Waals surface area contributed by atoms with E-state index in [2.05, 4.69) is 32.2 Å². The Hall–Kier alpha value is -4.38. The number of anilines is 1. The number of nitrogens with one attached hydrogen (secondary N) is 1. The Morgan fingerprint density at radius 2 is 1.74 bits per heavy atom. The molecule has 3 fully saturated rings. The van der Waals surface area contributed by atoms with E-state index in [9.17, 15) is 14.4 Å². The van der Waals surface area contributed by atoms with Crippen molar-refractivity contribution in [1.82, 2.24) is 24.7 Å². The lowest BCUT2D eigenvalue weighted by molar-refractivity contribution is -0.141. The molecule has 0 bridgehead atoms. The fraction of sp³-hybridized carbons (Fsp3) is 0.486. The summed E-state index contributed by atoms with van der Waals surface area (Å²) in [5.41, 5.74) is 8.38. The van der Waals surface area contributed by atoms with Gasteiger partial charge >= 0.3 is 0 Å². The summed E-state index contributed by atoms with van der Waals surface area (Å²) in [6.07, 6.45) is 9.41. The summed E-state index contributed by atoms with van der Waals surface area (Å²) in [6, 6.07) is 16.3. The molecule has 2 aromatic carbocycles. The number of aryl methyl sites for hydroxylation is 1. The molecule has 3 aromatic rings. The zero-order chi connectivity index (χ0) is 32.3. The highest BCUT2D eigenvalue weighted by atomic mass is 16.5. The van der Waals surface area contributed by atoms with Gasteiger partial charge in [-0.1, -0.05) is 43.2 Å². The molecule has 11 heteroatoms. The molecule has 2 atom stereocenters. The maximum Gasteiger partial charge on any atom is 0.250 e. The van der Waals surface area contributed by atoms with Gasteiger partial charge in [-0.05, 0) is 55.5 Å². The van der Waals surface area contributed by atoms with Crippen molar-refractivity contribution >= 4 is 23.4 Å². The molecule has 1 aliphatic carbocycles. The van der Waals surface area contributed by atoms with Crippen molar-refractivity contribution in [3.05, 3.63) is 78.4 Å². The van der Waals surface area contributed by atoms with Crippen LogP contribution in [0.3, 0.4) is 0 Å². The topological polar surface area (TPSA) is 126 Å². The van der Waals surface area contributed by atoms with Crippen molar-refractivity contribution < 1.29 is 19.1 Å². The predicted octanol–water partition coefficient (Wildman–Crippen LogP) is 2.64. The Kier molecular flexibility index (Phi) is 9.30. The van der Waals surface area contributed by atoms with Crippen molar-refractivity contribution in [1.29, 1.82) is 0 Å². The number of nitrogens with two attached hydrogens (primary N) is 1. The number of imidazole rings is 1. The fourth-order valence-corrected chi connectivity index (χ4v) is 7.35. The van der Waals surface area contributed by atoms with E-state index in [-0.39, 0.29) is 17.9 Å². The molecule has 2 saturated heterocycles. The van der Waals surface area contributed by atoms with Crippen LogP contribution in [0.5, 0.6) is 5.75 Å². The largest absolute Gasteiger partial charge is 0.497 e. The minimum Gasteiger partial charge on any atom is -0.497 e. The molecule has 1 saturated carbocycles. The van der Waals surface area contributed by atoms with E-state index in [0.29, 0.717) is 51.2 Å². The van der Waals surface area contributed by atoms with E-state index < -0.39 is 23.5 Å². The number of rotatable bonds is 10. The van der Waals surface area contributed by atoms with Crippen molar-refractivity contribution in [2.24, 2.45) is 12.8 Å². The smallest absolute Gasteiger partial charge is 0.250 e. The van der Waals surface area contributed by atoms with Gasteiger partial charge in [-0.2, -0.15) is 0 Å². The molecule has 3 heterocycles. The van der Waals surface area contributed by atoms with E-state index in [4.69, 9.17) is 10.5 Å². The van der Waals surface area contributed by atoms with Gasteiger partial charge in [0.15, 0.2) is 0 Å². The molecular formula is C35H45N7O4. The lowest BCUT2D eigenvalue weighted by Gasteiger charge is -2.44. The summed E-state index contributed by atoms with van der Waals surface area (Å²) >= 11 is 0. The second-order valence-electron chi connectivity index (χ2n) is 12.9. The number of hydrogen-bond donors (Lipinski definition) is 2. The van der Waals surface area contributed by atoms with Crippen LogP contribution in [0.25, 0.3) is 0 Å². The van der Waals surface area contributed by atoms with E-state index in [1.807, 2.05) is 54.1 Å². The van der Waals surface area contributed by atoms with E-state index in [1.54, 1.807) is 24.5 Å². The Morgan fingerprint density at radius 3 is 2.37 bits per heavy atom. The third-order valence-corrected chi connectivity index (χ3v) is 10.1. The van der Waals surface area contributed by atoms with Gasteiger partial charge in [-0.15, -0.1) is 0 Å². The quantitative estimate of drug-likeness (QED) is 0.354. The van der Waals surface area contributed by atoms with Gasteiger partial charge in [0, 0.05) is 56.6 Å². The van der Waals surface area contributed by atoms with Gasteiger partial charge in [0.2, 0.25) is 17.7 Å². The molecule has 1 aromatic heterocycles. The monoisotopic (exact) mass is 627 g/mol. The number of piperidine rings is 1. The third-order valence-electron chi connectivity index (χ3n) is 10.1. The lowest BCUT2D eigenvalue weighted by Crippen LogP contribution is -2.60. The number of ether oxygens (including phenoxy) is 1. The third kappa shape index (κ3) is 6.33. The number of benzene rings is 2. The highest BCUT2D eigenvalue weighted by molar-refractivity contribution is 5.95. The maximum absolute atomic E-state index is 14.2. The normalized spacial score (nSPS) is 19.5. The van der Waals surface area contributed by atoms with E-state index >= 15 is 0 Å². The predicted molar refractivity (Wildman–Crippen MR) is 175 cm³/mol. The fourth-order valence-electron chi connectivity index (χ4n) is 7.35. The summed E-state index contributed by atoms with van der Waals surface area (Å²) in [6.45, 7) is 1.41. The molecule has 1 spiro atoms. The van der Waals surface area contributed by atoms with Crippen LogP contribution in [-0.4, -0.2) is 87.6 Å². The molecule has 3 N–H and O–H groups in total. The summed E-state index contributed by atoms with van der Waals surface area (Å²) in [5, 5.41) is 2.97. The average Bonchev–Trinajstić information content (AvgIpc) is 3.82. The maximum atomic E-state index is 14.2. The molecule has 2 aliphatic heterocycles. The number of para-hydroxylation sites is 1. The molecule has 0 radical (unpaired) electrons. The first-order valence-corrected chi connectivity index (χ1v) is 16.4. The van der Waals surface area contributed by atoms with Crippen LogP contribution in [0.1, 0.15) is 49.8 Å².